The molecule has 0 atom stereocenters. The molecule has 0 aliphatic heterocycles. The van der Waals surface area contributed by atoms with E-state index in [1.807, 2.05) is 43.3 Å². The summed E-state index contributed by atoms with van der Waals surface area (Å²) < 4.78 is 32.8. The van der Waals surface area contributed by atoms with Crippen molar-refractivity contribution in [1.29, 1.82) is 0 Å². The van der Waals surface area contributed by atoms with Crippen LogP contribution in [0.5, 0.6) is 0 Å². The van der Waals surface area contributed by atoms with Gasteiger partial charge in [-0.2, -0.15) is 0 Å². The van der Waals surface area contributed by atoms with Crippen LogP contribution in [0.15, 0.2) is 57.8 Å². The number of hydrogen-bond donors (Lipinski definition) is 1. The molecule has 7 heteroatoms. The Hall–Kier alpha value is -2.51. The highest BCUT2D eigenvalue weighted by Crippen LogP contribution is 2.19. The fraction of sp³-hybridized carbons (Fsp3) is 0.263. The van der Waals surface area contributed by atoms with Gasteiger partial charge in [-0.1, -0.05) is 43.7 Å². The van der Waals surface area contributed by atoms with E-state index in [1.54, 1.807) is 12.1 Å². The van der Waals surface area contributed by atoms with Crippen LogP contribution in [0.3, 0.4) is 0 Å². The highest BCUT2D eigenvalue weighted by molar-refractivity contribution is 7.89. The molecule has 0 radical (unpaired) electrons. The van der Waals surface area contributed by atoms with Gasteiger partial charge in [-0.15, -0.1) is 10.2 Å². The minimum atomic E-state index is -3.64. The van der Waals surface area contributed by atoms with Crippen molar-refractivity contribution in [2.24, 2.45) is 0 Å². The van der Waals surface area contributed by atoms with E-state index in [0.717, 1.165) is 16.7 Å². The minimum Gasteiger partial charge on any atom is -0.419 e. The number of aryl methyl sites for hydroxylation is 1. The third-order valence-electron chi connectivity index (χ3n) is 4.04. The maximum Gasteiger partial charge on any atom is 0.247 e. The van der Waals surface area contributed by atoms with E-state index < -0.39 is 10.0 Å². The highest BCUT2D eigenvalue weighted by Gasteiger charge is 2.16. The summed E-state index contributed by atoms with van der Waals surface area (Å²) in [6, 6.07) is 14.5. The first-order valence-electron chi connectivity index (χ1n) is 8.34. The van der Waals surface area contributed by atoms with Crippen molar-refractivity contribution in [2.45, 2.75) is 38.1 Å². The molecule has 3 rings (SSSR count). The topological polar surface area (TPSA) is 85.1 Å². The van der Waals surface area contributed by atoms with E-state index in [4.69, 9.17) is 4.42 Å². The van der Waals surface area contributed by atoms with Gasteiger partial charge < -0.3 is 4.42 Å². The van der Waals surface area contributed by atoms with Crippen LogP contribution in [-0.2, 0) is 16.6 Å². The predicted octanol–water partition coefficient (Wildman–Crippen LogP) is 3.65. The number of nitrogens with one attached hydrogen (secondary N) is 1. The summed E-state index contributed by atoms with van der Waals surface area (Å²) in [4.78, 5) is 0.208. The van der Waals surface area contributed by atoms with Gasteiger partial charge in [0, 0.05) is 5.56 Å². The Morgan fingerprint density at radius 2 is 1.65 bits per heavy atom. The molecule has 3 aromatic rings. The Labute approximate surface area is 153 Å². The van der Waals surface area contributed by atoms with Crippen molar-refractivity contribution >= 4 is 10.0 Å². The standard InChI is InChI=1S/C19H21N3O3S/c1-13(2)15-8-10-17(11-9-15)26(23,24)20-12-18-21-22-19(25-18)16-6-4-14(3)5-7-16/h4-11,13,20H,12H2,1-3H3. The van der Waals surface area contributed by atoms with Crippen LogP contribution >= 0.6 is 0 Å². The van der Waals surface area contributed by atoms with Gasteiger partial charge in [0.25, 0.3) is 0 Å². The van der Waals surface area contributed by atoms with Gasteiger partial charge in [-0.25, -0.2) is 13.1 Å². The van der Waals surface area contributed by atoms with Crippen molar-refractivity contribution in [2.75, 3.05) is 0 Å². The van der Waals surface area contributed by atoms with Crippen molar-refractivity contribution in [3.8, 4) is 11.5 Å². The molecule has 1 aromatic heterocycles. The molecule has 6 nitrogen and oxygen atoms in total. The first kappa shape index (κ1) is 18.3. The van der Waals surface area contributed by atoms with Crippen LogP contribution in [0.1, 0.15) is 36.8 Å². The normalized spacial score (nSPS) is 11.8. The summed E-state index contributed by atoms with van der Waals surface area (Å²) in [5.74, 6) is 0.918. The molecule has 136 valence electrons. The van der Waals surface area contributed by atoms with Gasteiger partial charge in [0.1, 0.15) is 0 Å². The summed E-state index contributed by atoms with van der Waals surface area (Å²) in [6.45, 7) is 6.05. The van der Waals surface area contributed by atoms with E-state index in [1.165, 1.54) is 0 Å². The first-order valence-corrected chi connectivity index (χ1v) is 9.82. The van der Waals surface area contributed by atoms with Crippen molar-refractivity contribution in [3.05, 3.63) is 65.5 Å². The molecule has 0 aliphatic rings. The van der Waals surface area contributed by atoms with Crippen LogP contribution in [0, 0.1) is 6.92 Å². The number of sulfonamides is 1. The quantitative estimate of drug-likeness (QED) is 0.715. The summed E-state index contributed by atoms with van der Waals surface area (Å²) in [6.07, 6.45) is 0. The van der Waals surface area contributed by atoms with Crippen molar-refractivity contribution < 1.29 is 12.8 Å². The second kappa shape index (κ2) is 7.39. The zero-order valence-electron chi connectivity index (χ0n) is 14.9. The average Bonchev–Trinajstić information content (AvgIpc) is 3.10. The number of rotatable bonds is 6. The van der Waals surface area contributed by atoms with Gasteiger partial charge in [0.2, 0.25) is 21.8 Å². The van der Waals surface area contributed by atoms with Gasteiger partial charge >= 0.3 is 0 Å². The minimum absolute atomic E-state index is 0.0624. The Kier molecular flexibility index (Phi) is 5.20. The fourth-order valence-electron chi connectivity index (χ4n) is 2.41. The van der Waals surface area contributed by atoms with Gasteiger partial charge in [-0.3, -0.25) is 0 Å². The molecule has 0 bridgehead atoms. The lowest BCUT2D eigenvalue weighted by Gasteiger charge is -2.08. The molecule has 26 heavy (non-hydrogen) atoms. The van der Waals surface area contributed by atoms with Gasteiger partial charge in [0.15, 0.2) is 0 Å². The van der Waals surface area contributed by atoms with Gasteiger partial charge in [-0.05, 0) is 42.7 Å². The van der Waals surface area contributed by atoms with E-state index >= 15 is 0 Å². The monoisotopic (exact) mass is 371 g/mol. The zero-order chi connectivity index (χ0) is 18.7. The lowest BCUT2D eigenvalue weighted by atomic mass is 10.0. The molecule has 0 fully saturated rings. The number of nitrogens with zero attached hydrogens (tertiary/aromatic N) is 2. The Morgan fingerprint density at radius 1 is 1.00 bits per heavy atom. The molecule has 0 amide bonds. The summed E-state index contributed by atoms with van der Waals surface area (Å²) in [5.41, 5.74) is 3.01. The fourth-order valence-corrected chi connectivity index (χ4v) is 3.38. The van der Waals surface area contributed by atoms with Crippen molar-refractivity contribution in [3.63, 3.8) is 0 Å². The molecule has 1 heterocycles. The average molecular weight is 371 g/mol. The molecule has 1 N–H and O–H groups in total. The van der Waals surface area contributed by atoms with Crippen LogP contribution < -0.4 is 4.72 Å². The Balaban J connectivity index is 1.69. The first-order chi connectivity index (χ1) is 12.3. The van der Waals surface area contributed by atoms with Crippen LogP contribution in [0.2, 0.25) is 0 Å². The van der Waals surface area contributed by atoms with E-state index in [-0.39, 0.29) is 17.3 Å². The smallest absolute Gasteiger partial charge is 0.247 e. The van der Waals surface area contributed by atoms with Crippen LogP contribution in [-0.4, -0.2) is 18.6 Å². The van der Waals surface area contributed by atoms with Crippen molar-refractivity contribution in [1.82, 2.24) is 14.9 Å². The molecule has 0 spiro atoms. The summed E-state index contributed by atoms with van der Waals surface area (Å²) in [5, 5.41) is 7.87. The number of hydrogen-bond acceptors (Lipinski definition) is 5. The third-order valence-corrected chi connectivity index (χ3v) is 5.45. The lowest BCUT2D eigenvalue weighted by Crippen LogP contribution is -2.23. The van der Waals surface area contributed by atoms with Gasteiger partial charge in [0.05, 0.1) is 11.4 Å². The molecular weight excluding hydrogens is 350 g/mol. The Bertz CT molecular complexity index is 976. The zero-order valence-corrected chi connectivity index (χ0v) is 15.7. The largest absolute Gasteiger partial charge is 0.419 e. The lowest BCUT2D eigenvalue weighted by molar-refractivity contribution is 0.494. The molecule has 0 saturated heterocycles. The Morgan fingerprint density at radius 3 is 2.27 bits per heavy atom. The maximum absolute atomic E-state index is 12.4. The number of benzene rings is 2. The second-order valence-electron chi connectivity index (χ2n) is 6.42. The molecule has 2 aromatic carbocycles. The molecule has 0 aliphatic carbocycles. The number of aromatic nitrogens is 2. The molecule has 0 unspecified atom stereocenters. The van der Waals surface area contributed by atoms with Crippen LogP contribution in [0.4, 0.5) is 0 Å². The van der Waals surface area contributed by atoms with E-state index in [0.29, 0.717) is 11.8 Å². The van der Waals surface area contributed by atoms with E-state index in [9.17, 15) is 8.42 Å². The maximum atomic E-state index is 12.4. The SMILES string of the molecule is Cc1ccc(-c2nnc(CNS(=O)(=O)c3ccc(C(C)C)cc3)o2)cc1. The second-order valence-corrected chi connectivity index (χ2v) is 8.18. The molecular formula is C19H21N3O3S. The molecule has 0 saturated carbocycles. The predicted molar refractivity (Wildman–Crippen MR) is 99.0 cm³/mol. The summed E-state index contributed by atoms with van der Waals surface area (Å²) in [7, 11) is -3.64. The highest BCUT2D eigenvalue weighted by atomic mass is 32.2. The van der Waals surface area contributed by atoms with E-state index in [2.05, 4.69) is 28.8 Å². The summed E-state index contributed by atoms with van der Waals surface area (Å²) >= 11 is 0. The third kappa shape index (κ3) is 4.17. The van der Waals surface area contributed by atoms with Crippen LogP contribution in [0.25, 0.3) is 11.5 Å².